The number of carbonyl (C=O) groups excluding carboxylic acids is 1. The van der Waals surface area contributed by atoms with Crippen LogP contribution in [0.3, 0.4) is 0 Å². The molecule has 1 aromatic rings. The van der Waals surface area contributed by atoms with Gasteiger partial charge in [0.05, 0.1) is 18.6 Å². The van der Waals surface area contributed by atoms with E-state index in [1.807, 2.05) is 13.8 Å². The molecule has 0 aliphatic heterocycles. The number of hydrogen-bond donors (Lipinski definition) is 0. The Morgan fingerprint density at radius 2 is 1.37 bits per heavy atom. The highest BCUT2D eigenvalue weighted by Crippen LogP contribution is 2.61. The van der Waals surface area contributed by atoms with Crippen LogP contribution in [0.5, 0.6) is 5.75 Å². The topological polar surface area (TPSA) is 54.0 Å². The van der Waals surface area contributed by atoms with Crippen molar-refractivity contribution >= 4 is 5.97 Å². The molecule has 6 saturated carbocycles. The molecule has 1 aromatic carbocycles. The Bertz CT molecular complexity index is 1000. The second kappa shape index (κ2) is 9.51. The Morgan fingerprint density at radius 3 is 1.84 bits per heavy atom. The van der Waals surface area contributed by atoms with Crippen LogP contribution in [0.4, 0.5) is 0 Å². The van der Waals surface area contributed by atoms with Crippen LogP contribution in [0.1, 0.15) is 115 Å². The summed E-state index contributed by atoms with van der Waals surface area (Å²) in [7, 11) is 3.56. The van der Waals surface area contributed by atoms with E-state index >= 15 is 0 Å². The fourth-order valence-electron chi connectivity index (χ4n) is 9.26. The van der Waals surface area contributed by atoms with Crippen LogP contribution < -0.4 is 4.74 Å². The summed E-state index contributed by atoms with van der Waals surface area (Å²) in [5.74, 6) is 3.58. The Kier molecular flexibility index (Phi) is 6.66. The van der Waals surface area contributed by atoms with E-state index in [1.54, 1.807) is 14.2 Å². The molecule has 0 unspecified atom stereocenters. The van der Waals surface area contributed by atoms with E-state index in [1.165, 1.54) is 44.1 Å². The largest absolute Gasteiger partial charge is 0.486 e. The standard InChI is InChI=1S/C33H48O5/c1-6-30(2,3)29(34)38-33-9-7-32(21-33,8-10-33)37-28-25(19-35-4)14-27(15-26(28)20-36-5)31-16-22-11-23(17-31)13-24(12-22)18-31/h14-15,22-24H,6-13,16-21H2,1-5H3. The molecule has 7 rings (SSSR count). The lowest BCUT2D eigenvalue weighted by Gasteiger charge is -2.57. The molecule has 6 aliphatic rings. The molecule has 5 nitrogen and oxygen atoms in total. The molecular weight excluding hydrogens is 476 g/mol. The molecule has 0 radical (unpaired) electrons. The third-order valence-corrected chi connectivity index (χ3v) is 11.3. The van der Waals surface area contributed by atoms with E-state index in [4.69, 9.17) is 18.9 Å². The number of fused-ring (bicyclic) bond motifs is 2. The summed E-state index contributed by atoms with van der Waals surface area (Å²) in [5.41, 5.74) is 2.98. The van der Waals surface area contributed by atoms with Gasteiger partial charge >= 0.3 is 5.97 Å². The molecule has 0 saturated heterocycles. The van der Waals surface area contributed by atoms with Crippen molar-refractivity contribution in [3.05, 3.63) is 28.8 Å². The predicted molar refractivity (Wildman–Crippen MR) is 147 cm³/mol. The highest BCUT2D eigenvalue weighted by molar-refractivity contribution is 5.76. The number of benzene rings is 1. The Balaban J connectivity index is 1.29. The maximum absolute atomic E-state index is 13.0. The second-order valence-corrected chi connectivity index (χ2v) is 14.5. The lowest BCUT2D eigenvalue weighted by atomic mass is 9.48. The SMILES string of the molecule is CCC(C)(C)C(=O)OC12CCC(Oc3c(COC)cc(C45CC6CC(CC(C6)C4)C5)cc3COC)(CC1)C2. The zero-order chi connectivity index (χ0) is 26.8. The van der Waals surface area contributed by atoms with Crippen LogP contribution in [0, 0.1) is 23.2 Å². The van der Waals surface area contributed by atoms with Gasteiger partial charge < -0.3 is 18.9 Å². The highest BCUT2D eigenvalue weighted by atomic mass is 16.6. The summed E-state index contributed by atoms with van der Waals surface area (Å²) in [6, 6.07) is 4.84. The minimum absolute atomic E-state index is 0.0715. The zero-order valence-corrected chi connectivity index (χ0v) is 24.3. The summed E-state index contributed by atoms with van der Waals surface area (Å²) in [6.45, 7) is 7.09. The smallest absolute Gasteiger partial charge is 0.312 e. The molecule has 6 bridgehead atoms. The molecule has 6 fully saturated rings. The molecule has 6 aliphatic carbocycles. The van der Waals surface area contributed by atoms with Gasteiger partial charge in [0.2, 0.25) is 0 Å². The number of carbonyl (C=O) groups is 1. The Labute approximate surface area is 229 Å². The fraction of sp³-hybridized carbons (Fsp3) is 0.788. The van der Waals surface area contributed by atoms with Crippen LogP contribution in [-0.2, 0) is 37.6 Å². The van der Waals surface area contributed by atoms with Gasteiger partial charge in [-0.3, -0.25) is 4.79 Å². The average molecular weight is 525 g/mol. The molecule has 0 amide bonds. The first-order chi connectivity index (χ1) is 18.1. The van der Waals surface area contributed by atoms with Gasteiger partial charge in [-0.15, -0.1) is 0 Å². The van der Waals surface area contributed by atoms with Crippen molar-refractivity contribution in [1.82, 2.24) is 0 Å². The van der Waals surface area contributed by atoms with Crippen molar-refractivity contribution < 1.29 is 23.7 Å². The van der Waals surface area contributed by atoms with Gasteiger partial charge in [-0.1, -0.05) is 6.92 Å². The van der Waals surface area contributed by atoms with Crippen LogP contribution >= 0.6 is 0 Å². The van der Waals surface area contributed by atoms with Gasteiger partial charge in [-0.25, -0.2) is 0 Å². The Hall–Kier alpha value is -1.59. The van der Waals surface area contributed by atoms with Crippen molar-refractivity contribution in [2.75, 3.05) is 14.2 Å². The van der Waals surface area contributed by atoms with Gasteiger partial charge in [-0.05, 0) is 125 Å². The number of methoxy groups -OCH3 is 2. The van der Waals surface area contributed by atoms with Crippen molar-refractivity contribution in [1.29, 1.82) is 0 Å². The molecule has 0 N–H and O–H groups in total. The third-order valence-electron chi connectivity index (χ3n) is 11.3. The van der Waals surface area contributed by atoms with Gasteiger partial charge in [-0.2, -0.15) is 0 Å². The van der Waals surface area contributed by atoms with E-state index < -0.39 is 5.41 Å². The molecule has 0 atom stereocenters. The third kappa shape index (κ3) is 4.50. The fourth-order valence-corrected chi connectivity index (χ4v) is 9.26. The van der Waals surface area contributed by atoms with Crippen LogP contribution in [0.25, 0.3) is 0 Å². The average Bonchev–Trinajstić information content (AvgIpc) is 3.40. The van der Waals surface area contributed by atoms with Gasteiger partial charge in [0.15, 0.2) is 0 Å². The van der Waals surface area contributed by atoms with Crippen molar-refractivity contribution in [2.45, 2.75) is 128 Å². The van der Waals surface area contributed by atoms with Crippen LogP contribution in [-0.4, -0.2) is 31.4 Å². The van der Waals surface area contributed by atoms with Crippen LogP contribution in [0.15, 0.2) is 12.1 Å². The highest BCUT2D eigenvalue weighted by Gasteiger charge is 2.59. The number of esters is 1. The van der Waals surface area contributed by atoms with E-state index in [-0.39, 0.29) is 17.2 Å². The van der Waals surface area contributed by atoms with E-state index in [0.29, 0.717) is 18.6 Å². The van der Waals surface area contributed by atoms with Crippen molar-refractivity contribution in [3.63, 3.8) is 0 Å². The lowest BCUT2D eigenvalue weighted by Crippen LogP contribution is -2.48. The van der Waals surface area contributed by atoms with Gasteiger partial charge in [0.25, 0.3) is 0 Å². The maximum atomic E-state index is 13.0. The first kappa shape index (κ1) is 26.6. The predicted octanol–water partition coefficient (Wildman–Crippen LogP) is 7.26. The van der Waals surface area contributed by atoms with Crippen molar-refractivity contribution in [3.8, 4) is 5.75 Å². The maximum Gasteiger partial charge on any atom is 0.312 e. The molecule has 0 heterocycles. The first-order valence-electron chi connectivity index (χ1n) is 15.2. The summed E-state index contributed by atoms with van der Waals surface area (Å²) in [6.07, 6.45) is 13.5. The zero-order valence-electron chi connectivity index (χ0n) is 24.3. The molecule has 210 valence electrons. The second-order valence-electron chi connectivity index (χ2n) is 14.5. The molecule has 38 heavy (non-hydrogen) atoms. The van der Waals surface area contributed by atoms with Crippen LogP contribution in [0.2, 0.25) is 0 Å². The summed E-state index contributed by atoms with van der Waals surface area (Å²) in [5, 5.41) is 0. The quantitative estimate of drug-likeness (QED) is 0.302. The van der Waals surface area contributed by atoms with E-state index in [9.17, 15) is 4.79 Å². The monoisotopic (exact) mass is 524 g/mol. The number of rotatable bonds is 10. The normalized spacial score (nSPS) is 37.1. The summed E-state index contributed by atoms with van der Waals surface area (Å²) >= 11 is 0. The molecule has 0 aromatic heterocycles. The molecule has 0 spiro atoms. The van der Waals surface area contributed by atoms with E-state index in [0.717, 1.165) is 73.2 Å². The van der Waals surface area contributed by atoms with Crippen molar-refractivity contribution in [2.24, 2.45) is 23.2 Å². The molecular formula is C33H48O5. The minimum atomic E-state index is -0.451. The van der Waals surface area contributed by atoms with Gasteiger partial charge in [0.1, 0.15) is 17.0 Å². The summed E-state index contributed by atoms with van der Waals surface area (Å²) in [4.78, 5) is 13.0. The van der Waals surface area contributed by atoms with E-state index in [2.05, 4.69) is 19.1 Å². The minimum Gasteiger partial charge on any atom is -0.486 e. The Morgan fingerprint density at radius 1 is 0.868 bits per heavy atom. The molecule has 5 heteroatoms. The number of ether oxygens (including phenoxy) is 4. The lowest BCUT2D eigenvalue weighted by molar-refractivity contribution is -0.169. The summed E-state index contributed by atoms with van der Waals surface area (Å²) < 4.78 is 24.8. The number of hydrogen-bond acceptors (Lipinski definition) is 5. The van der Waals surface area contributed by atoms with Gasteiger partial charge in [0, 0.05) is 31.8 Å². The first-order valence-corrected chi connectivity index (χ1v) is 15.2.